The van der Waals surface area contributed by atoms with E-state index < -0.39 is 0 Å². The van der Waals surface area contributed by atoms with Crippen LogP contribution in [0.15, 0.2) is 46.9 Å². The summed E-state index contributed by atoms with van der Waals surface area (Å²) in [7, 11) is 0. The van der Waals surface area contributed by atoms with Crippen LogP contribution in [0.4, 0.5) is 4.39 Å². The number of fused-ring (bicyclic) bond motifs is 3. The third kappa shape index (κ3) is 2.17. The lowest BCUT2D eigenvalue weighted by molar-refractivity contribution is 0.0678. The number of imidazole rings is 1. The van der Waals surface area contributed by atoms with E-state index in [9.17, 15) is 4.39 Å². The van der Waals surface area contributed by atoms with Gasteiger partial charge in [0, 0.05) is 4.47 Å². The Morgan fingerprint density at radius 2 is 2.14 bits per heavy atom. The second kappa shape index (κ2) is 4.93. The van der Waals surface area contributed by atoms with E-state index in [0.29, 0.717) is 13.2 Å². The zero-order valence-electron chi connectivity index (χ0n) is 11.1. The molecule has 21 heavy (non-hydrogen) atoms. The topological polar surface area (TPSA) is 27.1 Å². The summed E-state index contributed by atoms with van der Waals surface area (Å²) in [5.74, 6) is 0.647. The monoisotopic (exact) mass is 346 g/mol. The van der Waals surface area contributed by atoms with E-state index in [-0.39, 0.29) is 11.9 Å². The fourth-order valence-corrected chi connectivity index (χ4v) is 3.21. The van der Waals surface area contributed by atoms with Crippen LogP contribution in [0.25, 0.3) is 11.0 Å². The number of hydrogen-bond donors (Lipinski definition) is 0. The van der Waals surface area contributed by atoms with Gasteiger partial charge in [-0.05, 0) is 35.9 Å². The zero-order valence-corrected chi connectivity index (χ0v) is 12.7. The molecule has 0 bridgehead atoms. The summed E-state index contributed by atoms with van der Waals surface area (Å²) in [4.78, 5) is 4.62. The van der Waals surface area contributed by atoms with E-state index in [1.807, 2.05) is 24.3 Å². The van der Waals surface area contributed by atoms with Crippen molar-refractivity contribution in [2.45, 2.75) is 12.6 Å². The summed E-state index contributed by atoms with van der Waals surface area (Å²) in [6.45, 7) is 1.01. The van der Waals surface area contributed by atoms with Crippen molar-refractivity contribution in [1.29, 1.82) is 0 Å². The van der Waals surface area contributed by atoms with Gasteiger partial charge in [-0.1, -0.05) is 28.1 Å². The predicted octanol–water partition coefficient (Wildman–Crippen LogP) is 4.06. The molecule has 0 aliphatic carbocycles. The molecule has 5 heteroatoms. The maximum Gasteiger partial charge on any atom is 0.136 e. The number of ether oxygens (including phenoxy) is 1. The zero-order chi connectivity index (χ0) is 14.4. The second-order valence-electron chi connectivity index (χ2n) is 5.12. The SMILES string of the molecule is Fc1cccc(C2COCc3nc4ccc(Br)cc4n32)c1. The summed E-state index contributed by atoms with van der Waals surface area (Å²) in [5.41, 5.74) is 2.87. The normalized spacial score (nSPS) is 17.9. The third-order valence-corrected chi connectivity index (χ3v) is 4.27. The Bertz CT molecular complexity index is 830. The molecule has 3 nitrogen and oxygen atoms in total. The number of benzene rings is 2. The highest BCUT2D eigenvalue weighted by Gasteiger charge is 2.25. The number of hydrogen-bond acceptors (Lipinski definition) is 2. The Hall–Kier alpha value is -1.72. The van der Waals surface area contributed by atoms with Gasteiger partial charge >= 0.3 is 0 Å². The van der Waals surface area contributed by atoms with Crippen LogP contribution in [0.1, 0.15) is 17.4 Å². The maximum atomic E-state index is 13.5. The van der Waals surface area contributed by atoms with Crippen LogP contribution in [0.3, 0.4) is 0 Å². The number of aromatic nitrogens is 2. The first-order valence-electron chi connectivity index (χ1n) is 6.72. The van der Waals surface area contributed by atoms with Gasteiger partial charge in [-0.25, -0.2) is 9.37 Å². The molecule has 1 aromatic heterocycles. The van der Waals surface area contributed by atoms with Crippen molar-refractivity contribution in [1.82, 2.24) is 9.55 Å². The summed E-state index contributed by atoms with van der Waals surface area (Å²) in [5, 5.41) is 0. The van der Waals surface area contributed by atoms with Crippen LogP contribution >= 0.6 is 15.9 Å². The molecular weight excluding hydrogens is 335 g/mol. The molecule has 1 unspecified atom stereocenters. The molecule has 1 aliphatic rings. The van der Waals surface area contributed by atoms with Gasteiger partial charge < -0.3 is 9.30 Å². The lowest BCUT2D eigenvalue weighted by atomic mass is 10.1. The molecule has 2 heterocycles. The van der Waals surface area contributed by atoms with Gasteiger partial charge in [0.15, 0.2) is 0 Å². The maximum absolute atomic E-state index is 13.5. The Labute approximate surface area is 129 Å². The molecular formula is C16H12BrFN2O. The largest absolute Gasteiger partial charge is 0.371 e. The first-order chi connectivity index (χ1) is 10.2. The summed E-state index contributed by atoms with van der Waals surface area (Å²) in [6.07, 6.45) is 0. The lowest BCUT2D eigenvalue weighted by Crippen LogP contribution is -2.24. The standard InChI is InChI=1S/C16H12BrFN2O/c17-11-4-5-13-14(7-11)20-15(8-21-9-16(20)19-13)10-2-1-3-12(18)6-10/h1-7,15H,8-9H2. The minimum atomic E-state index is -0.231. The first-order valence-corrected chi connectivity index (χ1v) is 7.51. The summed E-state index contributed by atoms with van der Waals surface area (Å²) >= 11 is 3.50. The molecule has 1 aliphatic heterocycles. The van der Waals surface area contributed by atoms with Crippen molar-refractivity contribution in [3.63, 3.8) is 0 Å². The van der Waals surface area contributed by atoms with E-state index in [1.165, 1.54) is 6.07 Å². The first kappa shape index (κ1) is 13.0. The summed E-state index contributed by atoms with van der Waals surface area (Å²) < 4.78 is 22.3. The van der Waals surface area contributed by atoms with Crippen LogP contribution < -0.4 is 0 Å². The van der Waals surface area contributed by atoms with Crippen molar-refractivity contribution in [2.24, 2.45) is 0 Å². The van der Waals surface area contributed by atoms with Gasteiger partial charge in [-0.15, -0.1) is 0 Å². The molecule has 0 amide bonds. The number of halogens is 2. The van der Waals surface area contributed by atoms with Crippen molar-refractivity contribution in [3.8, 4) is 0 Å². The van der Waals surface area contributed by atoms with Crippen molar-refractivity contribution in [2.75, 3.05) is 6.61 Å². The van der Waals surface area contributed by atoms with Crippen LogP contribution in [0, 0.1) is 5.82 Å². The second-order valence-corrected chi connectivity index (χ2v) is 6.03. The van der Waals surface area contributed by atoms with Crippen molar-refractivity contribution < 1.29 is 9.13 Å². The Kier molecular flexibility index (Phi) is 3.05. The predicted molar refractivity (Wildman–Crippen MR) is 81.6 cm³/mol. The van der Waals surface area contributed by atoms with Crippen molar-refractivity contribution in [3.05, 3.63) is 64.1 Å². The Morgan fingerprint density at radius 3 is 3.00 bits per heavy atom. The highest BCUT2D eigenvalue weighted by atomic mass is 79.9. The molecule has 4 rings (SSSR count). The van der Waals surface area contributed by atoms with E-state index in [4.69, 9.17) is 4.74 Å². The van der Waals surface area contributed by atoms with Crippen molar-refractivity contribution >= 4 is 27.0 Å². The molecule has 0 fully saturated rings. The van der Waals surface area contributed by atoms with Gasteiger partial charge in [0.05, 0.1) is 23.7 Å². The average Bonchev–Trinajstić information content (AvgIpc) is 2.85. The number of rotatable bonds is 1. The molecule has 0 radical (unpaired) electrons. The Morgan fingerprint density at radius 1 is 1.24 bits per heavy atom. The molecule has 0 N–H and O–H groups in total. The minimum absolute atomic E-state index is 0.0521. The minimum Gasteiger partial charge on any atom is -0.371 e. The third-order valence-electron chi connectivity index (χ3n) is 3.78. The molecule has 0 saturated carbocycles. The molecule has 3 aromatic rings. The van der Waals surface area contributed by atoms with Crippen LogP contribution in [-0.2, 0) is 11.3 Å². The smallest absolute Gasteiger partial charge is 0.136 e. The molecule has 2 aromatic carbocycles. The summed E-state index contributed by atoms with van der Waals surface area (Å²) in [6, 6.07) is 12.6. The van der Waals surface area contributed by atoms with E-state index in [1.54, 1.807) is 12.1 Å². The molecule has 0 saturated heterocycles. The van der Waals surface area contributed by atoms with Crippen LogP contribution in [-0.4, -0.2) is 16.2 Å². The molecule has 106 valence electrons. The highest BCUT2D eigenvalue weighted by molar-refractivity contribution is 9.10. The van der Waals surface area contributed by atoms with Crippen LogP contribution in [0.5, 0.6) is 0 Å². The van der Waals surface area contributed by atoms with Crippen LogP contribution in [0.2, 0.25) is 0 Å². The van der Waals surface area contributed by atoms with Gasteiger partial charge in [-0.3, -0.25) is 0 Å². The van der Waals surface area contributed by atoms with Gasteiger partial charge in [0.1, 0.15) is 18.2 Å². The van der Waals surface area contributed by atoms with Gasteiger partial charge in [0.2, 0.25) is 0 Å². The van der Waals surface area contributed by atoms with E-state index in [0.717, 1.165) is 26.9 Å². The fourth-order valence-electron chi connectivity index (χ4n) is 2.86. The lowest BCUT2D eigenvalue weighted by Gasteiger charge is -2.26. The molecule has 0 spiro atoms. The number of nitrogens with zero attached hydrogens (tertiary/aromatic N) is 2. The van der Waals surface area contributed by atoms with Gasteiger partial charge in [-0.2, -0.15) is 0 Å². The fraction of sp³-hybridized carbons (Fsp3) is 0.188. The average molecular weight is 347 g/mol. The highest BCUT2D eigenvalue weighted by Crippen LogP contribution is 2.31. The quantitative estimate of drug-likeness (QED) is 0.664. The van der Waals surface area contributed by atoms with E-state index >= 15 is 0 Å². The molecule has 1 atom stereocenters. The Balaban J connectivity index is 1.94. The van der Waals surface area contributed by atoms with Gasteiger partial charge in [0.25, 0.3) is 0 Å². The van der Waals surface area contributed by atoms with E-state index in [2.05, 4.69) is 25.5 Å².